The topological polar surface area (TPSA) is 61.3 Å². The van der Waals surface area contributed by atoms with E-state index in [0.717, 1.165) is 70.5 Å². The van der Waals surface area contributed by atoms with Gasteiger partial charge in [0.25, 0.3) is 0 Å². The van der Waals surface area contributed by atoms with E-state index in [-0.39, 0.29) is 11.0 Å². The molecule has 45 heavy (non-hydrogen) atoms. The van der Waals surface area contributed by atoms with Gasteiger partial charge in [0.1, 0.15) is 29.7 Å². The van der Waals surface area contributed by atoms with E-state index in [2.05, 4.69) is 53.3 Å². The van der Waals surface area contributed by atoms with Gasteiger partial charge in [-0.1, -0.05) is 60.7 Å². The van der Waals surface area contributed by atoms with Crippen molar-refractivity contribution >= 4 is 61.5 Å². The first kappa shape index (κ1) is 29.2. The Bertz CT molecular complexity index is 2090. The average molecular weight is 645 g/mol. The minimum Gasteiger partial charge on any atom is -0.487 e. The Morgan fingerprint density at radius 3 is 2.16 bits per heavy atom. The summed E-state index contributed by atoms with van der Waals surface area (Å²) in [5, 5.41) is 4.00. The van der Waals surface area contributed by atoms with Crippen molar-refractivity contribution in [1.29, 1.82) is 0 Å². The lowest BCUT2D eigenvalue weighted by molar-refractivity contribution is -0.111. The summed E-state index contributed by atoms with van der Waals surface area (Å²) >= 11 is 7.39. The molecular formula is C37H28N2O3S3. The Labute approximate surface area is 274 Å². The predicted octanol–water partition coefficient (Wildman–Crippen LogP) is 9.96. The fourth-order valence-corrected chi connectivity index (χ4v) is 7.49. The summed E-state index contributed by atoms with van der Waals surface area (Å²) in [7, 11) is 0. The zero-order chi connectivity index (χ0) is 30.8. The van der Waals surface area contributed by atoms with E-state index >= 15 is 0 Å². The molecule has 222 valence electrons. The van der Waals surface area contributed by atoms with Gasteiger partial charge in [0, 0.05) is 21.4 Å². The first-order valence-corrected chi connectivity index (χ1v) is 16.7. The van der Waals surface area contributed by atoms with Gasteiger partial charge in [-0.3, -0.25) is 4.79 Å². The molecular weight excluding hydrogens is 617 g/mol. The highest BCUT2D eigenvalue weighted by Crippen LogP contribution is 2.44. The highest BCUT2D eigenvalue weighted by atomic mass is 32.1. The summed E-state index contributed by atoms with van der Waals surface area (Å²) < 4.78 is 13.3. The molecule has 5 nitrogen and oxygen atoms in total. The number of thiazole rings is 1. The van der Waals surface area contributed by atoms with E-state index in [1.165, 1.54) is 0 Å². The molecule has 8 heteroatoms. The van der Waals surface area contributed by atoms with Gasteiger partial charge in [0.15, 0.2) is 5.12 Å². The Balaban J connectivity index is 1.10. The number of benzene rings is 4. The highest BCUT2D eigenvalue weighted by molar-refractivity contribution is 7.96. The number of carbonyl (C=O) groups is 1. The van der Waals surface area contributed by atoms with Crippen molar-refractivity contribution in [2.45, 2.75) is 26.1 Å². The van der Waals surface area contributed by atoms with Crippen molar-refractivity contribution in [3.05, 3.63) is 130 Å². The third-order valence-electron chi connectivity index (χ3n) is 7.63. The van der Waals surface area contributed by atoms with Gasteiger partial charge in [-0.2, -0.15) is 0 Å². The Morgan fingerprint density at radius 1 is 0.756 bits per heavy atom. The molecule has 0 aliphatic heterocycles. The lowest BCUT2D eigenvalue weighted by Crippen LogP contribution is -2.01. The summed E-state index contributed by atoms with van der Waals surface area (Å²) in [6.45, 7) is 2.69. The molecule has 0 bridgehead atoms. The van der Waals surface area contributed by atoms with Gasteiger partial charge in [-0.25, -0.2) is 9.97 Å². The van der Waals surface area contributed by atoms with Crippen LogP contribution in [-0.2, 0) is 18.0 Å². The summed E-state index contributed by atoms with van der Waals surface area (Å²) in [6, 6.07) is 36.3. The summed E-state index contributed by atoms with van der Waals surface area (Å²) in [4.78, 5) is 22.7. The molecule has 1 unspecified atom stereocenters. The number of ether oxygens (including phenoxy) is 2. The molecule has 0 saturated heterocycles. The number of aromatic nitrogens is 2. The minimum atomic E-state index is -0.339. The first-order valence-electron chi connectivity index (χ1n) is 14.5. The zero-order valence-corrected chi connectivity index (χ0v) is 26.9. The molecule has 0 saturated carbocycles. The van der Waals surface area contributed by atoms with Crippen molar-refractivity contribution in [3.8, 4) is 33.8 Å². The Morgan fingerprint density at radius 2 is 1.42 bits per heavy atom. The lowest BCUT2D eigenvalue weighted by atomic mass is 9.93. The molecule has 4 aromatic carbocycles. The molecule has 7 aromatic rings. The standard InChI is InChI=1S/C37H28N2O3S3/c1-23(37(40)43)36-35(26-13-18-28(19-14-26)41-20-27-15-10-25-6-2-3-7-31(25)38-27)30(22-44-36)24-11-16-29(17-12-24)42-21-34-39-32-8-4-5-9-33(32)45-34/h2-19,22-23H,20-21H2,1H3,(H,40,43). The van der Waals surface area contributed by atoms with Crippen LogP contribution in [0.25, 0.3) is 43.4 Å². The van der Waals surface area contributed by atoms with E-state index in [9.17, 15) is 4.79 Å². The van der Waals surface area contributed by atoms with Crippen molar-refractivity contribution < 1.29 is 14.3 Å². The van der Waals surface area contributed by atoms with Crippen molar-refractivity contribution in [3.63, 3.8) is 0 Å². The number of nitrogens with zero attached hydrogens (tertiary/aromatic N) is 2. The fourth-order valence-electron chi connectivity index (χ4n) is 5.24. The largest absolute Gasteiger partial charge is 0.487 e. The quantitative estimate of drug-likeness (QED) is 0.150. The third kappa shape index (κ3) is 6.35. The molecule has 0 N–H and O–H groups in total. The van der Waals surface area contributed by atoms with E-state index in [1.54, 1.807) is 22.7 Å². The Hall–Kier alpha value is -4.50. The number of pyridine rings is 1. The van der Waals surface area contributed by atoms with Crippen molar-refractivity contribution in [2.24, 2.45) is 0 Å². The van der Waals surface area contributed by atoms with Crippen LogP contribution >= 0.6 is 35.3 Å². The van der Waals surface area contributed by atoms with Crippen LogP contribution in [0.4, 0.5) is 0 Å². The van der Waals surface area contributed by atoms with E-state index in [4.69, 9.17) is 14.5 Å². The number of thiol groups is 1. The van der Waals surface area contributed by atoms with Gasteiger partial charge in [0.05, 0.1) is 27.3 Å². The molecule has 0 aliphatic carbocycles. The molecule has 0 aliphatic rings. The minimum absolute atomic E-state index is 0.161. The van der Waals surface area contributed by atoms with Gasteiger partial charge < -0.3 is 9.47 Å². The number of para-hydroxylation sites is 2. The summed E-state index contributed by atoms with van der Waals surface area (Å²) in [6.07, 6.45) is 0. The number of fused-ring (bicyclic) bond motifs is 2. The summed E-state index contributed by atoms with van der Waals surface area (Å²) in [5.74, 6) is 1.18. The maximum Gasteiger partial charge on any atom is 0.193 e. The smallest absolute Gasteiger partial charge is 0.193 e. The maximum absolute atomic E-state index is 12.3. The number of carbonyl (C=O) groups excluding carboxylic acids is 1. The van der Waals surface area contributed by atoms with Crippen LogP contribution in [-0.4, -0.2) is 15.1 Å². The van der Waals surface area contributed by atoms with E-state index in [0.29, 0.717) is 13.2 Å². The number of thiophene rings is 1. The molecule has 3 heterocycles. The van der Waals surface area contributed by atoms with Crippen LogP contribution in [0, 0.1) is 0 Å². The van der Waals surface area contributed by atoms with Crippen molar-refractivity contribution in [2.75, 3.05) is 0 Å². The SMILES string of the molecule is CC(C(=O)S)c1scc(-c2ccc(OCc3nc4ccccc4s3)cc2)c1-c1ccc(OCc2ccc3ccccc3n2)cc1. The fraction of sp³-hybridized carbons (Fsp3) is 0.108. The molecule has 0 amide bonds. The predicted molar refractivity (Wildman–Crippen MR) is 188 cm³/mol. The molecule has 1 atom stereocenters. The molecule has 0 fully saturated rings. The highest BCUT2D eigenvalue weighted by Gasteiger charge is 2.23. The molecule has 0 spiro atoms. The zero-order valence-electron chi connectivity index (χ0n) is 24.3. The number of hydrogen-bond donors (Lipinski definition) is 1. The first-order chi connectivity index (χ1) is 22.0. The second-order valence-corrected chi connectivity index (χ2v) is 13.1. The Kier molecular flexibility index (Phi) is 8.35. The lowest BCUT2D eigenvalue weighted by Gasteiger charge is -2.13. The van der Waals surface area contributed by atoms with Crippen molar-refractivity contribution in [1.82, 2.24) is 9.97 Å². The van der Waals surface area contributed by atoms with E-state index in [1.807, 2.05) is 85.8 Å². The summed E-state index contributed by atoms with van der Waals surface area (Å²) in [5.41, 5.74) is 6.95. The van der Waals surface area contributed by atoms with Crippen LogP contribution in [0.2, 0.25) is 0 Å². The van der Waals surface area contributed by atoms with Gasteiger partial charge >= 0.3 is 0 Å². The van der Waals surface area contributed by atoms with Gasteiger partial charge in [-0.05, 0) is 72.0 Å². The van der Waals surface area contributed by atoms with Gasteiger partial charge in [0.2, 0.25) is 0 Å². The number of hydrogen-bond acceptors (Lipinski definition) is 7. The van der Waals surface area contributed by atoms with Crippen LogP contribution in [0.3, 0.4) is 0 Å². The number of rotatable bonds is 10. The average Bonchev–Trinajstić information content (AvgIpc) is 3.71. The molecule has 0 radical (unpaired) electrons. The van der Waals surface area contributed by atoms with Crippen LogP contribution in [0.5, 0.6) is 11.5 Å². The maximum atomic E-state index is 12.3. The van der Waals surface area contributed by atoms with Crippen LogP contribution < -0.4 is 9.47 Å². The second-order valence-electron chi connectivity index (χ2n) is 10.6. The monoisotopic (exact) mass is 644 g/mol. The van der Waals surface area contributed by atoms with Crippen LogP contribution in [0.1, 0.15) is 28.4 Å². The third-order valence-corrected chi connectivity index (χ3v) is 10.2. The van der Waals surface area contributed by atoms with E-state index < -0.39 is 0 Å². The van der Waals surface area contributed by atoms with Gasteiger partial charge in [-0.15, -0.1) is 35.3 Å². The molecule has 3 aromatic heterocycles. The second kappa shape index (κ2) is 12.9. The normalized spacial score (nSPS) is 12.0. The molecule has 7 rings (SSSR count). The van der Waals surface area contributed by atoms with Crippen LogP contribution in [0.15, 0.2) is 115 Å².